The zero-order valence-electron chi connectivity index (χ0n) is 13.4. The van der Waals surface area contributed by atoms with E-state index < -0.39 is 0 Å². The van der Waals surface area contributed by atoms with E-state index in [1.54, 1.807) is 0 Å². The number of aryl methyl sites for hydroxylation is 1. The Morgan fingerprint density at radius 2 is 1.74 bits per heavy atom. The first kappa shape index (κ1) is 16.2. The maximum Gasteiger partial charge on any atom is 0.0247 e. The fraction of sp³-hybridized carbons (Fsp3) is 0.647. The molecule has 3 N–H and O–H groups in total. The lowest BCUT2D eigenvalue weighted by molar-refractivity contribution is 0.401. The fourth-order valence-electron chi connectivity index (χ4n) is 2.05. The largest absolute Gasteiger partial charge is 0.329 e. The number of nitrogens with one attached hydrogen (secondary N) is 1. The zero-order valence-corrected chi connectivity index (χ0v) is 13.4. The van der Waals surface area contributed by atoms with Crippen molar-refractivity contribution in [2.45, 2.75) is 58.9 Å². The van der Waals surface area contributed by atoms with Crippen LogP contribution in [-0.2, 0) is 11.8 Å². The van der Waals surface area contributed by atoms with Gasteiger partial charge in [0.25, 0.3) is 0 Å². The molecule has 0 aliphatic carbocycles. The highest BCUT2D eigenvalue weighted by Crippen LogP contribution is 2.24. The lowest BCUT2D eigenvalue weighted by Crippen LogP contribution is -2.46. The van der Waals surface area contributed by atoms with Gasteiger partial charge in [0.1, 0.15) is 0 Å². The van der Waals surface area contributed by atoms with Crippen molar-refractivity contribution < 1.29 is 0 Å². The van der Waals surface area contributed by atoms with Gasteiger partial charge in [0.15, 0.2) is 0 Å². The summed E-state index contributed by atoms with van der Waals surface area (Å²) in [5.74, 6) is 0. The average Bonchev–Trinajstić information content (AvgIpc) is 2.30. The Morgan fingerprint density at radius 1 is 1.11 bits per heavy atom. The molecule has 0 atom stereocenters. The summed E-state index contributed by atoms with van der Waals surface area (Å²) in [6, 6.07) is 6.85. The predicted molar refractivity (Wildman–Crippen MR) is 84.7 cm³/mol. The predicted octanol–water partition coefficient (Wildman–Crippen LogP) is 3.16. The van der Waals surface area contributed by atoms with E-state index in [1.165, 1.54) is 16.7 Å². The molecule has 0 aliphatic rings. The minimum Gasteiger partial charge on any atom is -0.329 e. The molecule has 0 fully saturated rings. The van der Waals surface area contributed by atoms with Crippen LogP contribution in [0.15, 0.2) is 18.2 Å². The van der Waals surface area contributed by atoms with E-state index in [1.807, 2.05) is 0 Å². The minimum atomic E-state index is 0.0270. The van der Waals surface area contributed by atoms with Crippen LogP contribution >= 0.6 is 0 Å². The molecule has 0 bridgehead atoms. The van der Waals surface area contributed by atoms with E-state index in [4.69, 9.17) is 5.73 Å². The highest BCUT2D eigenvalue weighted by molar-refractivity contribution is 5.34. The SMILES string of the molecule is Cc1cc(C(C)(C)C)ccc1CCNC(C)(C)CN. The van der Waals surface area contributed by atoms with Crippen LogP contribution in [-0.4, -0.2) is 18.6 Å². The molecule has 0 saturated carbocycles. The maximum atomic E-state index is 5.72. The second-order valence-corrected chi connectivity index (χ2v) is 7.16. The summed E-state index contributed by atoms with van der Waals surface area (Å²) in [5, 5.41) is 3.50. The standard InChI is InChI=1S/C17H30N2/c1-13-11-15(16(2,3)4)8-7-14(13)9-10-19-17(5,6)12-18/h7-8,11,19H,9-10,12,18H2,1-6H3. The van der Waals surface area contributed by atoms with E-state index in [9.17, 15) is 0 Å². The molecule has 2 heteroatoms. The van der Waals surface area contributed by atoms with Gasteiger partial charge in [-0.15, -0.1) is 0 Å². The Kier molecular flexibility index (Phi) is 5.17. The summed E-state index contributed by atoms with van der Waals surface area (Å²) >= 11 is 0. The Bertz CT molecular complexity index is 414. The lowest BCUT2D eigenvalue weighted by Gasteiger charge is -2.25. The Balaban J connectivity index is 2.66. The second-order valence-electron chi connectivity index (χ2n) is 7.16. The number of nitrogens with two attached hydrogens (primary N) is 1. The van der Waals surface area contributed by atoms with Crippen LogP contribution in [0.2, 0.25) is 0 Å². The van der Waals surface area contributed by atoms with Gasteiger partial charge in [-0.1, -0.05) is 39.0 Å². The molecule has 1 aromatic carbocycles. The van der Waals surface area contributed by atoms with Crippen LogP contribution in [0.4, 0.5) is 0 Å². The van der Waals surface area contributed by atoms with E-state index in [-0.39, 0.29) is 11.0 Å². The topological polar surface area (TPSA) is 38.0 Å². The molecule has 1 rings (SSSR count). The van der Waals surface area contributed by atoms with Crippen LogP contribution in [0.25, 0.3) is 0 Å². The zero-order chi connectivity index (χ0) is 14.7. The molecule has 19 heavy (non-hydrogen) atoms. The Labute approximate surface area is 118 Å². The van der Waals surface area contributed by atoms with Crippen LogP contribution < -0.4 is 11.1 Å². The molecule has 0 amide bonds. The third-order valence-electron chi connectivity index (χ3n) is 3.72. The second kappa shape index (κ2) is 6.06. The van der Waals surface area contributed by atoms with Gasteiger partial charge in [0.2, 0.25) is 0 Å². The quantitative estimate of drug-likeness (QED) is 0.855. The number of benzene rings is 1. The first-order chi connectivity index (χ1) is 8.65. The van der Waals surface area contributed by atoms with Gasteiger partial charge in [-0.3, -0.25) is 0 Å². The van der Waals surface area contributed by atoms with Crippen LogP contribution in [0.1, 0.15) is 51.3 Å². The van der Waals surface area contributed by atoms with Crippen LogP contribution in [0.3, 0.4) is 0 Å². The van der Waals surface area contributed by atoms with Gasteiger partial charge < -0.3 is 11.1 Å². The molecule has 0 aliphatic heterocycles. The summed E-state index contributed by atoms with van der Waals surface area (Å²) in [4.78, 5) is 0. The van der Waals surface area contributed by atoms with Crippen LogP contribution in [0.5, 0.6) is 0 Å². The first-order valence-electron chi connectivity index (χ1n) is 7.21. The van der Waals surface area contributed by atoms with Gasteiger partial charge >= 0.3 is 0 Å². The maximum absolute atomic E-state index is 5.72. The lowest BCUT2D eigenvalue weighted by atomic mass is 9.85. The molecule has 0 aromatic heterocycles. The molecule has 2 nitrogen and oxygen atoms in total. The molecule has 108 valence electrons. The summed E-state index contributed by atoms with van der Waals surface area (Å²) in [7, 11) is 0. The third kappa shape index (κ3) is 4.96. The van der Waals surface area contributed by atoms with Crippen molar-refractivity contribution in [3.05, 3.63) is 34.9 Å². The van der Waals surface area contributed by atoms with Crippen molar-refractivity contribution in [1.82, 2.24) is 5.32 Å². The molecular formula is C17H30N2. The average molecular weight is 262 g/mol. The molecule has 1 aromatic rings. The van der Waals surface area contributed by atoms with Gasteiger partial charge in [0.05, 0.1) is 0 Å². The molecule has 0 radical (unpaired) electrons. The summed E-state index contributed by atoms with van der Waals surface area (Å²) in [6.45, 7) is 14.9. The Hall–Kier alpha value is -0.860. The van der Waals surface area contributed by atoms with Crippen molar-refractivity contribution in [3.63, 3.8) is 0 Å². The molecule has 0 spiro atoms. The monoisotopic (exact) mass is 262 g/mol. The normalized spacial score (nSPS) is 12.8. The van der Waals surface area contributed by atoms with Gasteiger partial charge in [0, 0.05) is 12.1 Å². The number of hydrogen-bond acceptors (Lipinski definition) is 2. The van der Waals surface area contributed by atoms with E-state index >= 15 is 0 Å². The van der Waals surface area contributed by atoms with Crippen molar-refractivity contribution in [1.29, 1.82) is 0 Å². The summed E-state index contributed by atoms with van der Waals surface area (Å²) < 4.78 is 0. The summed E-state index contributed by atoms with van der Waals surface area (Å²) in [5.41, 5.74) is 10.2. The smallest absolute Gasteiger partial charge is 0.0247 e. The minimum absolute atomic E-state index is 0.0270. The van der Waals surface area contributed by atoms with Gasteiger partial charge in [-0.25, -0.2) is 0 Å². The molecular weight excluding hydrogens is 232 g/mol. The van der Waals surface area contributed by atoms with Gasteiger partial charge in [-0.2, -0.15) is 0 Å². The molecule has 0 heterocycles. The molecule has 0 unspecified atom stereocenters. The number of hydrogen-bond donors (Lipinski definition) is 2. The van der Waals surface area contributed by atoms with Crippen molar-refractivity contribution in [2.75, 3.05) is 13.1 Å². The van der Waals surface area contributed by atoms with E-state index in [0.717, 1.165) is 13.0 Å². The Morgan fingerprint density at radius 3 is 2.21 bits per heavy atom. The third-order valence-corrected chi connectivity index (χ3v) is 3.72. The number of rotatable bonds is 5. The molecule has 0 saturated heterocycles. The van der Waals surface area contributed by atoms with Gasteiger partial charge in [-0.05, 0) is 55.8 Å². The van der Waals surface area contributed by atoms with E-state index in [0.29, 0.717) is 6.54 Å². The first-order valence-corrected chi connectivity index (χ1v) is 7.21. The van der Waals surface area contributed by atoms with Crippen molar-refractivity contribution >= 4 is 0 Å². The fourth-order valence-corrected chi connectivity index (χ4v) is 2.05. The van der Waals surface area contributed by atoms with Crippen molar-refractivity contribution in [3.8, 4) is 0 Å². The highest BCUT2D eigenvalue weighted by atomic mass is 15.0. The van der Waals surface area contributed by atoms with E-state index in [2.05, 4.69) is 65.1 Å². The highest BCUT2D eigenvalue weighted by Gasteiger charge is 2.15. The summed E-state index contributed by atoms with van der Waals surface area (Å²) in [6.07, 6.45) is 1.06. The van der Waals surface area contributed by atoms with Crippen LogP contribution in [0, 0.1) is 6.92 Å². The van der Waals surface area contributed by atoms with Crippen molar-refractivity contribution in [2.24, 2.45) is 5.73 Å².